The van der Waals surface area contributed by atoms with Crippen molar-refractivity contribution < 1.29 is 14.3 Å². The van der Waals surface area contributed by atoms with E-state index < -0.39 is 0 Å². The maximum absolute atomic E-state index is 11.7. The van der Waals surface area contributed by atoms with Gasteiger partial charge in [-0.25, -0.2) is 9.78 Å². The summed E-state index contributed by atoms with van der Waals surface area (Å²) in [5.74, 6) is 1.23. The van der Waals surface area contributed by atoms with Crippen LogP contribution in [0.15, 0.2) is 12.3 Å². The number of ether oxygens (including phenoxy) is 2. The van der Waals surface area contributed by atoms with Gasteiger partial charge in [-0.1, -0.05) is 0 Å². The molecule has 0 aromatic carbocycles. The molecule has 0 unspecified atom stereocenters. The largest absolute Gasteiger partial charge is 0.472 e. The molecule has 0 radical (unpaired) electrons. The van der Waals surface area contributed by atoms with Crippen LogP contribution in [0.4, 0.5) is 4.79 Å². The minimum atomic E-state index is -0.269. The van der Waals surface area contributed by atoms with Gasteiger partial charge in [0.15, 0.2) is 0 Å². The van der Waals surface area contributed by atoms with Gasteiger partial charge in [-0.15, -0.1) is 0 Å². The Morgan fingerprint density at radius 3 is 3.16 bits per heavy atom. The second-order valence-corrected chi connectivity index (χ2v) is 4.47. The molecule has 0 saturated carbocycles. The third-order valence-electron chi connectivity index (χ3n) is 2.94. The number of piperidine rings is 1. The van der Waals surface area contributed by atoms with E-state index in [9.17, 15) is 4.79 Å². The van der Waals surface area contributed by atoms with Gasteiger partial charge in [0.25, 0.3) is 0 Å². The standard InChI is InChI=1S/C13H19N3O3/c1-3-18-13(17)16-8-4-5-11(9-16)19-12-6-7-14-10(2)15-12/h6-7,11H,3-5,8-9H2,1-2H3/t11-/m0/s1. The maximum atomic E-state index is 11.7. The van der Waals surface area contributed by atoms with Gasteiger partial charge in [-0.3, -0.25) is 0 Å². The van der Waals surface area contributed by atoms with E-state index in [-0.39, 0.29) is 12.2 Å². The van der Waals surface area contributed by atoms with Crippen LogP contribution in [-0.2, 0) is 4.74 Å². The van der Waals surface area contributed by atoms with E-state index in [1.165, 1.54) is 0 Å². The minimum Gasteiger partial charge on any atom is -0.472 e. The first-order chi connectivity index (χ1) is 9.19. The van der Waals surface area contributed by atoms with E-state index in [0.29, 0.717) is 24.9 Å². The lowest BCUT2D eigenvalue weighted by atomic mass is 10.1. The number of nitrogens with zero attached hydrogens (tertiary/aromatic N) is 3. The number of likely N-dealkylation sites (tertiary alicyclic amines) is 1. The third-order valence-corrected chi connectivity index (χ3v) is 2.94. The zero-order chi connectivity index (χ0) is 13.7. The molecule has 2 heterocycles. The molecule has 1 saturated heterocycles. The Labute approximate surface area is 112 Å². The lowest BCUT2D eigenvalue weighted by Gasteiger charge is -2.31. The lowest BCUT2D eigenvalue weighted by molar-refractivity contribution is 0.0593. The molecule has 1 fully saturated rings. The Morgan fingerprint density at radius 1 is 1.58 bits per heavy atom. The first-order valence-electron chi connectivity index (χ1n) is 6.57. The van der Waals surface area contributed by atoms with E-state index in [0.717, 1.165) is 19.4 Å². The average molecular weight is 265 g/mol. The first kappa shape index (κ1) is 13.6. The predicted molar refractivity (Wildman–Crippen MR) is 69.0 cm³/mol. The highest BCUT2D eigenvalue weighted by atomic mass is 16.6. The second kappa shape index (κ2) is 6.36. The predicted octanol–water partition coefficient (Wildman–Crippen LogP) is 1.78. The van der Waals surface area contributed by atoms with Crippen molar-refractivity contribution in [1.29, 1.82) is 0 Å². The Hall–Kier alpha value is -1.85. The third kappa shape index (κ3) is 3.81. The number of aromatic nitrogens is 2. The summed E-state index contributed by atoms with van der Waals surface area (Å²) in [6, 6.07) is 1.73. The van der Waals surface area contributed by atoms with Crippen LogP contribution in [0.2, 0.25) is 0 Å². The Morgan fingerprint density at radius 2 is 2.42 bits per heavy atom. The van der Waals surface area contributed by atoms with Gasteiger partial charge in [0, 0.05) is 18.8 Å². The number of rotatable bonds is 3. The highest BCUT2D eigenvalue weighted by Gasteiger charge is 2.25. The number of carbonyl (C=O) groups is 1. The normalized spacial score (nSPS) is 19.1. The fourth-order valence-electron chi connectivity index (χ4n) is 2.09. The summed E-state index contributed by atoms with van der Waals surface area (Å²) < 4.78 is 10.8. The summed E-state index contributed by atoms with van der Waals surface area (Å²) in [7, 11) is 0. The van der Waals surface area contributed by atoms with E-state index in [1.807, 2.05) is 6.92 Å². The molecule has 1 aliphatic heterocycles. The quantitative estimate of drug-likeness (QED) is 0.833. The zero-order valence-corrected chi connectivity index (χ0v) is 11.3. The van der Waals surface area contributed by atoms with Crippen LogP contribution in [0.3, 0.4) is 0 Å². The van der Waals surface area contributed by atoms with Crippen molar-refractivity contribution in [1.82, 2.24) is 14.9 Å². The molecule has 2 rings (SSSR count). The summed E-state index contributed by atoms with van der Waals surface area (Å²) in [5.41, 5.74) is 0. The van der Waals surface area contributed by atoms with Gasteiger partial charge in [-0.05, 0) is 26.7 Å². The number of hydrogen-bond donors (Lipinski definition) is 0. The van der Waals surface area contributed by atoms with Crippen molar-refractivity contribution in [3.8, 4) is 5.88 Å². The fraction of sp³-hybridized carbons (Fsp3) is 0.615. The van der Waals surface area contributed by atoms with Crippen molar-refractivity contribution in [3.63, 3.8) is 0 Å². The smallest absolute Gasteiger partial charge is 0.409 e. The van der Waals surface area contributed by atoms with Gasteiger partial charge in [0.1, 0.15) is 11.9 Å². The van der Waals surface area contributed by atoms with Crippen LogP contribution in [0.5, 0.6) is 5.88 Å². The fourth-order valence-corrected chi connectivity index (χ4v) is 2.09. The van der Waals surface area contributed by atoms with Gasteiger partial charge in [0.2, 0.25) is 5.88 Å². The van der Waals surface area contributed by atoms with Gasteiger partial charge in [-0.2, -0.15) is 4.98 Å². The highest BCUT2D eigenvalue weighted by molar-refractivity contribution is 5.67. The molecule has 1 aromatic heterocycles. The molecule has 0 spiro atoms. The molecule has 6 nitrogen and oxygen atoms in total. The Balaban J connectivity index is 1.92. The van der Waals surface area contributed by atoms with Crippen LogP contribution >= 0.6 is 0 Å². The summed E-state index contributed by atoms with van der Waals surface area (Å²) in [6.45, 7) is 5.29. The molecule has 1 aliphatic rings. The number of hydrogen-bond acceptors (Lipinski definition) is 5. The summed E-state index contributed by atoms with van der Waals surface area (Å²) in [4.78, 5) is 21.6. The van der Waals surface area contributed by atoms with Gasteiger partial charge < -0.3 is 14.4 Å². The lowest BCUT2D eigenvalue weighted by Crippen LogP contribution is -2.44. The Bertz CT molecular complexity index is 439. The molecule has 104 valence electrons. The molecule has 0 aliphatic carbocycles. The molecule has 6 heteroatoms. The molecule has 1 amide bonds. The minimum absolute atomic E-state index is 0.0348. The van der Waals surface area contributed by atoms with Gasteiger partial charge >= 0.3 is 6.09 Å². The average Bonchev–Trinajstić information content (AvgIpc) is 2.39. The molecule has 0 bridgehead atoms. The molecule has 0 N–H and O–H groups in total. The topological polar surface area (TPSA) is 64.5 Å². The SMILES string of the molecule is CCOC(=O)N1CCC[C@H](Oc2ccnc(C)n2)C1. The van der Waals surface area contributed by atoms with Crippen molar-refractivity contribution in [2.45, 2.75) is 32.8 Å². The summed E-state index contributed by atoms with van der Waals surface area (Å²) >= 11 is 0. The monoisotopic (exact) mass is 265 g/mol. The van der Waals surface area contributed by atoms with Crippen LogP contribution < -0.4 is 4.74 Å². The maximum Gasteiger partial charge on any atom is 0.409 e. The summed E-state index contributed by atoms with van der Waals surface area (Å²) in [5, 5.41) is 0. The van der Waals surface area contributed by atoms with Crippen LogP contribution in [-0.4, -0.2) is 46.8 Å². The molecular weight excluding hydrogens is 246 g/mol. The Kier molecular flexibility index (Phi) is 4.54. The van der Waals surface area contributed by atoms with E-state index in [1.54, 1.807) is 24.1 Å². The first-order valence-corrected chi connectivity index (χ1v) is 6.57. The van der Waals surface area contributed by atoms with Crippen LogP contribution in [0, 0.1) is 6.92 Å². The van der Waals surface area contributed by atoms with Gasteiger partial charge in [0.05, 0.1) is 13.2 Å². The van der Waals surface area contributed by atoms with Crippen molar-refractivity contribution in [2.24, 2.45) is 0 Å². The van der Waals surface area contributed by atoms with E-state index >= 15 is 0 Å². The molecular formula is C13H19N3O3. The highest BCUT2D eigenvalue weighted by Crippen LogP contribution is 2.17. The molecule has 1 aromatic rings. The van der Waals surface area contributed by atoms with Crippen LogP contribution in [0.1, 0.15) is 25.6 Å². The van der Waals surface area contributed by atoms with Crippen LogP contribution in [0.25, 0.3) is 0 Å². The van der Waals surface area contributed by atoms with Crippen molar-refractivity contribution >= 4 is 6.09 Å². The number of amides is 1. The van der Waals surface area contributed by atoms with E-state index in [2.05, 4.69) is 9.97 Å². The molecule has 1 atom stereocenters. The number of carbonyl (C=O) groups excluding carboxylic acids is 1. The zero-order valence-electron chi connectivity index (χ0n) is 11.3. The second-order valence-electron chi connectivity index (χ2n) is 4.47. The number of aryl methyl sites for hydroxylation is 1. The summed E-state index contributed by atoms with van der Waals surface area (Å²) in [6.07, 6.45) is 3.19. The molecule has 19 heavy (non-hydrogen) atoms. The van der Waals surface area contributed by atoms with Crippen molar-refractivity contribution in [2.75, 3.05) is 19.7 Å². The van der Waals surface area contributed by atoms with E-state index in [4.69, 9.17) is 9.47 Å². The van der Waals surface area contributed by atoms with Crippen molar-refractivity contribution in [3.05, 3.63) is 18.1 Å².